The van der Waals surface area contributed by atoms with Crippen LogP contribution in [0.4, 0.5) is 30.2 Å². The number of ether oxygens (including phenoxy) is 1. The van der Waals surface area contributed by atoms with Gasteiger partial charge >= 0.3 is 6.18 Å². The van der Waals surface area contributed by atoms with Gasteiger partial charge in [0.1, 0.15) is 5.75 Å². The maximum Gasteiger partial charge on any atom is 0.416 e. The number of nitrogens with zero attached hydrogens (tertiary/aromatic N) is 1. The number of halogens is 3. The molecule has 0 aliphatic carbocycles. The van der Waals surface area contributed by atoms with Crippen molar-refractivity contribution in [2.24, 2.45) is 0 Å². The van der Waals surface area contributed by atoms with Gasteiger partial charge in [0.15, 0.2) is 0 Å². The standard InChI is InChI=1S/C20H16F3N3O2/c1-28-18-7-3-6-16(10-18)26-19(27)13-8-17(12-24-11-13)25-15-5-2-4-14(9-15)20(21,22)23/h2-12,25H,1H3,(H,26,27). The number of anilines is 3. The first-order valence-corrected chi connectivity index (χ1v) is 8.20. The second-order valence-corrected chi connectivity index (χ2v) is 5.85. The Balaban J connectivity index is 1.76. The van der Waals surface area contributed by atoms with Crippen LogP contribution < -0.4 is 15.4 Å². The molecule has 0 spiro atoms. The maximum atomic E-state index is 12.8. The lowest BCUT2D eigenvalue weighted by Crippen LogP contribution is -2.12. The fraction of sp³-hybridized carbons (Fsp3) is 0.100. The fourth-order valence-corrected chi connectivity index (χ4v) is 2.48. The number of amides is 1. The average molecular weight is 387 g/mol. The lowest BCUT2D eigenvalue weighted by Gasteiger charge is -2.11. The van der Waals surface area contributed by atoms with E-state index in [1.165, 1.54) is 37.7 Å². The number of hydrogen-bond acceptors (Lipinski definition) is 4. The number of alkyl halides is 3. The molecule has 0 saturated heterocycles. The van der Waals surface area contributed by atoms with Gasteiger partial charge in [-0.25, -0.2) is 0 Å². The molecule has 144 valence electrons. The third kappa shape index (κ3) is 4.79. The van der Waals surface area contributed by atoms with Crippen LogP contribution >= 0.6 is 0 Å². The number of carbonyl (C=O) groups excluding carboxylic acids is 1. The minimum atomic E-state index is -4.44. The number of nitrogens with one attached hydrogen (secondary N) is 2. The van der Waals surface area contributed by atoms with E-state index in [-0.39, 0.29) is 11.3 Å². The van der Waals surface area contributed by atoms with E-state index in [0.29, 0.717) is 17.1 Å². The van der Waals surface area contributed by atoms with Crippen molar-refractivity contribution >= 4 is 23.0 Å². The van der Waals surface area contributed by atoms with Gasteiger partial charge in [-0.05, 0) is 36.4 Å². The summed E-state index contributed by atoms with van der Waals surface area (Å²) in [6, 6.07) is 13.1. The summed E-state index contributed by atoms with van der Waals surface area (Å²) in [5.41, 5.74) is 0.650. The summed E-state index contributed by atoms with van der Waals surface area (Å²) in [6.07, 6.45) is -1.65. The Labute approximate surface area is 159 Å². The van der Waals surface area contributed by atoms with Crippen molar-refractivity contribution < 1.29 is 22.7 Å². The SMILES string of the molecule is COc1cccc(NC(=O)c2cncc(Nc3cccc(C(F)(F)F)c3)c2)c1. The van der Waals surface area contributed by atoms with Gasteiger partial charge in [0.05, 0.1) is 30.1 Å². The highest BCUT2D eigenvalue weighted by Gasteiger charge is 2.30. The Morgan fingerprint density at radius 2 is 1.71 bits per heavy atom. The van der Waals surface area contributed by atoms with Gasteiger partial charge in [-0.2, -0.15) is 13.2 Å². The van der Waals surface area contributed by atoms with Gasteiger partial charge in [-0.3, -0.25) is 9.78 Å². The van der Waals surface area contributed by atoms with Crippen LogP contribution in [-0.2, 0) is 6.18 Å². The average Bonchev–Trinajstić information content (AvgIpc) is 2.68. The van der Waals surface area contributed by atoms with E-state index in [2.05, 4.69) is 15.6 Å². The molecule has 3 aromatic rings. The summed E-state index contributed by atoms with van der Waals surface area (Å²) in [5.74, 6) is 0.185. The second-order valence-electron chi connectivity index (χ2n) is 5.85. The van der Waals surface area contributed by atoms with E-state index >= 15 is 0 Å². The predicted molar refractivity (Wildman–Crippen MR) is 99.9 cm³/mol. The molecular weight excluding hydrogens is 371 g/mol. The largest absolute Gasteiger partial charge is 0.497 e. The van der Waals surface area contributed by atoms with Crippen LogP contribution in [0.15, 0.2) is 67.0 Å². The third-order valence-corrected chi connectivity index (χ3v) is 3.81. The van der Waals surface area contributed by atoms with Gasteiger partial charge < -0.3 is 15.4 Å². The van der Waals surface area contributed by atoms with E-state index in [4.69, 9.17) is 4.74 Å². The molecule has 0 bridgehead atoms. The second kappa shape index (κ2) is 7.99. The Hall–Kier alpha value is -3.55. The highest BCUT2D eigenvalue weighted by molar-refractivity contribution is 6.04. The highest BCUT2D eigenvalue weighted by Crippen LogP contribution is 2.31. The minimum absolute atomic E-state index is 0.238. The Morgan fingerprint density at radius 3 is 2.46 bits per heavy atom. The summed E-state index contributed by atoms with van der Waals surface area (Å²) < 4.78 is 43.6. The smallest absolute Gasteiger partial charge is 0.416 e. The molecule has 5 nitrogen and oxygen atoms in total. The van der Waals surface area contributed by atoms with Gasteiger partial charge in [-0.15, -0.1) is 0 Å². The van der Waals surface area contributed by atoms with Crippen molar-refractivity contribution in [2.75, 3.05) is 17.7 Å². The molecule has 2 N–H and O–H groups in total. The highest BCUT2D eigenvalue weighted by atomic mass is 19.4. The molecule has 1 amide bonds. The predicted octanol–water partition coefficient (Wildman–Crippen LogP) is 5.10. The molecule has 0 saturated carbocycles. The number of rotatable bonds is 5. The first kappa shape index (κ1) is 19.2. The van der Waals surface area contributed by atoms with E-state index < -0.39 is 17.6 Å². The normalized spacial score (nSPS) is 11.0. The number of carbonyl (C=O) groups is 1. The molecule has 0 atom stereocenters. The summed E-state index contributed by atoms with van der Waals surface area (Å²) in [5, 5.41) is 5.55. The van der Waals surface area contributed by atoms with E-state index in [9.17, 15) is 18.0 Å². The van der Waals surface area contributed by atoms with Crippen molar-refractivity contribution in [1.82, 2.24) is 4.98 Å². The zero-order chi connectivity index (χ0) is 20.1. The molecular formula is C20H16F3N3O2. The van der Waals surface area contributed by atoms with Crippen molar-refractivity contribution in [3.8, 4) is 5.75 Å². The number of pyridine rings is 1. The Kier molecular flexibility index (Phi) is 5.49. The van der Waals surface area contributed by atoms with Crippen LogP contribution in [0.25, 0.3) is 0 Å². The molecule has 1 heterocycles. The van der Waals surface area contributed by atoms with Crippen LogP contribution in [0.3, 0.4) is 0 Å². The van der Waals surface area contributed by atoms with Crippen LogP contribution in [-0.4, -0.2) is 18.0 Å². The lowest BCUT2D eigenvalue weighted by atomic mass is 10.2. The van der Waals surface area contributed by atoms with Gasteiger partial charge in [0.25, 0.3) is 5.91 Å². The molecule has 0 fully saturated rings. The summed E-state index contributed by atoms with van der Waals surface area (Å²) >= 11 is 0. The number of benzene rings is 2. The van der Waals surface area contributed by atoms with Gasteiger partial charge in [-0.1, -0.05) is 12.1 Å². The fourth-order valence-electron chi connectivity index (χ4n) is 2.48. The lowest BCUT2D eigenvalue weighted by molar-refractivity contribution is -0.137. The minimum Gasteiger partial charge on any atom is -0.497 e. The molecule has 1 aromatic heterocycles. The third-order valence-electron chi connectivity index (χ3n) is 3.81. The number of methoxy groups -OCH3 is 1. The van der Waals surface area contributed by atoms with Crippen molar-refractivity contribution in [1.29, 1.82) is 0 Å². The summed E-state index contributed by atoms with van der Waals surface area (Å²) in [4.78, 5) is 16.4. The van der Waals surface area contributed by atoms with Gasteiger partial charge in [0, 0.05) is 23.6 Å². The molecule has 2 aromatic carbocycles. The molecule has 0 unspecified atom stereocenters. The number of hydrogen-bond donors (Lipinski definition) is 2. The van der Waals surface area contributed by atoms with Crippen LogP contribution in [0, 0.1) is 0 Å². The topological polar surface area (TPSA) is 63.2 Å². The van der Waals surface area contributed by atoms with Crippen molar-refractivity contribution in [3.63, 3.8) is 0 Å². The van der Waals surface area contributed by atoms with Crippen LogP contribution in [0.2, 0.25) is 0 Å². The molecule has 3 rings (SSSR count). The zero-order valence-corrected chi connectivity index (χ0v) is 14.7. The van der Waals surface area contributed by atoms with Crippen molar-refractivity contribution in [2.45, 2.75) is 6.18 Å². The van der Waals surface area contributed by atoms with Crippen molar-refractivity contribution in [3.05, 3.63) is 78.1 Å². The van der Waals surface area contributed by atoms with E-state index in [1.807, 2.05) is 0 Å². The summed E-state index contributed by atoms with van der Waals surface area (Å²) in [6.45, 7) is 0. The molecule has 28 heavy (non-hydrogen) atoms. The molecule has 0 aliphatic rings. The van der Waals surface area contributed by atoms with Crippen LogP contribution in [0.5, 0.6) is 5.75 Å². The molecule has 0 aliphatic heterocycles. The number of aromatic nitrogens is 1. The molecule has 0 radical (unpaired) electrons. The zero-order valence-electron chi connectivity index (χ0n) is 14.7. The molecule has 8 heteroatoms. The van der Waals surface area contributed by atoms with Gasteiger partial charge in [0.2, 0.25) is 0 Å². The van der Waals surface area contributed by atoms with E-state index in [1.54, 1.807) is 24.3 Å². The first-order chi connectivity index (χ1) is 13.3. The Bertz CT molecular complexity index is 990. The first-order valence-electron chi connectivity index (χ1n) is 8.20. The summed E-state index contributed by atoms with van der Waals surface area (Å²) in [7, 11) is 1.52. The van der Waals surface area contributed by atoms with Crippen LogP contribution in [0.1, 0.15) is 15.9 Å². The maximum absolute atomic E-state index is 12.8. The quantitative estimate of drug-likeness (QED) is 0.639. The monoisotopic (exact) mass is 387 g/mol. The van der Waals surface area contributed by atoms with E-state index in [0.717, 1.165) is 12.1 Å². The Morgan fingerprint density at radius 1 is 0.964 bits per heavy atom.